The molecule has 0 aliphatic carbocycles. The predicted octanol–water partition coefficient (Wildman–Crippen LogP) is 6.97. The van der Waals surface area contributed by atoms with Gasteiger partial charge in [0, 0.05) is 16.4 Å². The smallest absolute Gasteiger partial charge is 0.122 e. The summed E-state index contributed by atoms with van der Waals surface area (Å²) in [7, 11) is 0. The number of rotatable bonds is 4. The van der Waals surface area contributed by atoms with Crippen molar-refractivity contribution < 1.29 is 5.11 Å². The van der Waals surface area contributed by atoms with E-state index in [9.17, 15) is 5.11 Å². The number of phenols is 1. The van der Waals surface area contributed by atoms with Gasteiger partial charge in [-0.2, -0.15) is 0 Å². The van der Waals surface area contributed by atoms with Gasteiger partial charge in [0.1, 0.15) is 5.75 Å². The van der Waals surface area contributed by atoms with E-state index >= 15 is 0 Å². The van der Waals surface area contributed by atoms with Crippen LogP contribution in [0.2, 0.25) is 0 Å². The maximum atomic E-state index is 11.2. The van der Waals surface area contributed by atoms with E-state index in [1.807, 2.05) is 6.92 Å². The van der Waals surface area contributed by atoms with Gasteiger partial charge in [0.2, 0.25) is 0 Å². The molecule has 0 atom stereocenters. The van der Waals surface area contributed by atoms with E-state index in [4.69, 9.17) is 0 Å². The van der Waals surface area contributed by atoms with Gasteiger partial charge in [-0.05, 0) is 43.0 Å². The minimum Gasteiger partial charge on any atom is -0.507 e. The van der Waals surface area contributed by atoms with Crippen LogP contribution in [0.4, 0.5) is 0 Å². The van der Waals surface area contributed by atoms with Gasteiger partial charge in [-0.15, -0.1) is 0 Å². The second-order valence-electron chi connectivity index (χ2n) is 9.12. The topological polar surface area (TPSA) is 20.2 Å². The second-order valence-corrected chi connectivity index (χ2v) is 9.12. The van der Waals surface area contributed by atoms with Gasteiger partial charge in [-0.1, -0.05) is 99.5 Å². The summed E-state index contributed by atoms with van der Waals surface area (Å²) in [5.74, 6) is 0.407. The average molecular weight is 373 g/mol. The van der Waals surface area contributed by atoms with Crippen molar-refractivity contribution in [2.75, 3.05) is 0 Å². The number of benzene rings is 3. The lowest BCUT2D eigenvalue weighted by Gasteiger charge is -2.32. The largest absolute Gasteiger partial charge is 0.507 e. The highest BCUT2D eigenvalue weighted by Gasteiger charge is 2.31. The van der Waals surface area contributed by atoms with Crippen LogP contribution in [0.25, 0.3) is 0 Å². The second kappa shape index (κ2) is 7.13. The molecule has 1 nitrogen and oxygen atoms in total. The summed E-state index contributed by atoms with van der Waals surface area (Å²) in [4.78, 5) is 0. The zero-order valence-electron chi connectivity index (χ0n) is 18.2. The first-order chi connectivity index (χ1) is 13.0. The molecular weight excluding hydrogens is 340 g/mol. The van der Waals surface area contributed by atoms with E-state index in [2.05, 4.69) is 102 Å². The van der Waals surface area contributed by atoms with E-state index in [0.29, 0.717) is 5.75 Å². The van der Waals surface area contributed by atoms with E-state index < -0.39 is 0 Å². The first kappa shape index (κ1) is 20.2. The van der Waals surface area contributed by atoms with Gasteiger partial charge in [0.15, 0.2) is 0 Å². The van der Waals surface area contributed by atoms with Crippen LogP contribution in [0.5, 0.6) is 5.75 Å². The summed E-state index contributed by atoms with van der Waals surface area (Å²) in [6.07, 6.45) is 0. The molecule has 0 saturated carbocycles. The fourth-order valence-corrected chi connectivity index (χ4v) is 4.26. The lowest BCUT2D eigenvalue weighted by atomic mass is 9.72. The molecule has 1 N–H and O–H groups in total. The van der Waals surface area contributed by atoms with Crippen molar-refractivity contribution in [2.24, 2.45) is 0 Å². The van der Waals surface area contributed by atoms with Gasteiger partial charge in [-0.25, -0.2) is 0 Å². The van der Waals surface area contributed by atoms with Crippen LogP contribution in [0, 0.1) is 20.8 Å². The quantitative estimate of drug-likeness (QED) is 0.524. The zero-order valence-corrected chi connectivity index (χ0v) is 18.2. The number of hydrogen-bond acceptors (Lipinski definition) is 1. The molecule has 0 aromatic heterocycles. The van der Waals surface area contributed by atoms with Crippen molar-refractivity contribution in [1.82, 2.24) is 0 Å². The summed E-state index contributed by atoms with van der Waals surface area (Å²) >= 11 is 0. The Kier molecular flexibility index (Phi) is 5.14. The van der Waals surface area contributed by atoms with E-state index in [1.54, 1.807) is 0 Å². The van der Waals surface area contributed by atoms with Gasteiger partial charge >= 0.3 is 0 Å². The van der Waals surface area contributed by atoms with Crippen LogP contribution in [-0.4, -0.2) is 5.11 Å². The Morgan fingerprint density at radius 3 is 1.50 bits per heavy atom. The van der Waals surface area contributed by atoms with Crippen molar-refractivity contribution >= 4 is 0 Å². The molecule has 0 aliphatic heterocycles. The molecule has 3 aromatic rings. The fraction of sp³-hybridized carbons (Fsp3) is 0.333. The van der Waals surface area contributed by atoms with Gasteiger partial charge in [0.05, 0.1) is 0 Å². The monoisotopic (exact) mass is 372 g/mol. The average Bonchev–Trinajstić information content (AvgIpc) is 2.63. The van der Waals surface area contributed by atoms with Crippen molar-refractivity contribution in [1.29, 1.82) is 0 Å². The highest BCUT2D eigenvalue weighted by atomic mass is 16.3. The molecule has 28 heavy (non-hydrogen) atoms. The van der Waals surface area contributed by atoms with E-state index in [0.717, 1.165) is 11.1 Å². The normalized spacial score (nSPS) is 12.2. The molecule has 0 unspecified atom stereocenters. The van der Waals surface area contributed by atoms with Crippen LogP contribution in [0.3, 0.4) is 0 Å². The molecule has 0 aliphatic rings. The standard InChI is InChI=1S/C27H32O/c1-18-10-8-12-21(16-18)26(4,5)23-14-15-24(25(28)20(23)3)27(6,7)22-13-9-11-19(2)17-22/h8-17,28H,1-7H3. The van der Waals surface area contributed by atoms with Crippen molar-refractivity contribution in [3.05, 3.63) is 99.6 Å². The third-order valence-electron chi connectivity index (χ3n) is 6.26. The molecule has 0 heterocycles. The number of aryl methyl sites for hydroxylation is 2. The van der Waals surface area contributed by atoms with Crippen molar-refractivity contribution in [3.63, 3.8) is 0 Å². The Hall–Kier alpha value is -2.54. The van der Waals surface area contributed by atoms with Crippen molar-refractivity contribution in [3.8, 4) is 5.75 Å². The van der Waals surface area contributed by atoms with Crippen molar-refractivity contribution in [2.45, 2.75) is 59.3 Å². The third-order valence-corrected chi connectivity index (χ3v) is 6.26. The fourth-order valence-electron chi connectivity index (χ4n) is 4.26. The molecule has 3 aromatic carbocycles. The lowest BCUT2D eigenvalue weighted by Crippen LogP contribution is -2.23. The summed E-state index contributed by atoms with van der Waals surface area (Å²) in [5.41, 5.74) is 7.62. The van der Waals surface area contributed by atoms with Gasteiger partial charge in [0.25, 0.3) is 0 Å². The minimum absolute atomic E-state index is 0.181. The predicted molar refractivity (Wildman–Crippen MR) is 119 cm³/mol. The summed E-state index contributed by atoms with van der Waals surface area (Å²) in [6, 6.07) is 21.5. The van der Waals surface area contributed by atoms with E-state index in [1.165, 1.54) is 27.8 Å². The molecule has 0 bridgehead atoms. The Morgan fingerprint density at radius 1 is 0.607 bits per heavy atom. The molecule has 0 spiro atoms. The number of hydrogen-bond donors (Lipinski definition) is 1. The molecule has 3 rings (SSSR count). The minimum atomic E-state index is -0.271. The van der Waals surface area contributed by atoms with Gasteiger partial charge in [-0.3, -0.25) is 0 Å². The Balaban J connectivity index is 2.11. The van der Waals surface area contributed by atoms with Crippen LogP contribution < -0.4 is 0 Å². The third kappa shape index (κ3) is 3.46. The summed E-state index contributed by atoms with van der Waals surface area (Å²) < 4.78 is 0. The highest BCUT2D eigenvalue weighted by molar-refractivity contribution is 5.55. The number of aromatic hydroxyl groups is 1. The molecule has 0 amide bonds. The molecular formula is C27H32O. The molecule has 0 fully saturated rings. The van der Waals surface area contributed by atoms with Gasteiger partial charge < -0.3 is 5.11 Å². The zero-order chi connectivity index (χ0) is 20.7. The maximum absolute atomic E-state index is 11.2. The first-order valence-corrected chi connectivity index (χ1v) is 10.0. The highest BCUT2D eigenvalue weighted by Crippen LogP contribution is 2.43. The van der Waals surface area contributed by atoms with Crippen LogP contribution in [0.1, 0.15) is 66.6 Å². The Morgan fingerprint density at radius 2 is 1.04 bits per heavy atom. The summed E-state index contributed by atoms with van der Waals surface area (Å²) in [5, 5.41) is 11.2. The number of phenolic OH excluding ortho intramolecular Hbond substituents is 1. The van der Waals surface area contributed by atoms with E-state index in [-0.39, 0.29) is 10.8 Å². The Labute approximate surface area is 170 Å². The SMILES string of the molecule is Cc1cccc(C(C)(C)c2ccc(C(C)(C)c3cccc(C)c3)c(O)c2C)c1. The lowest BCUT2D eigenvalue weighted by molar-refractivity contribution is 0.445. The Bertz CT molecular complexity index is 926. The maximum Gasteiger partial charge on any atom is 0.122 e. The van der Waals surface area contributed by atoms with Crippen LogP contribution >= 0.6 is 0 Å². The van der Waals surface area contributed by atoms with Crippen LogP contribution in [0.15, 0.2) is 60.7 Å². The first-order valence-electron chi connectivity index (χ1n) is 10.0. The molecule has 0 radical (unpaired) electrons. The summed E-state index contributed by atoms with van der Waals surface area (Å²) in [6.45, 7) is 15.1. The van der Waals surface area contributed by atoms with Crippen LogP contribution in [-0.2, 0) is 10.8 Å². The molecule has 146 valence electrons. The molecule has 1 heteroatoms. The molecule has 0 saturated heterocycles.